The lowest BCUT2D eigenvalue weighted by atomic mass is 9.70. The van der Waals surface area contributed by atoms with Crippen molar-refractivity contribution in [3.8, 4) is 17.6 Å². The van der Waals surface area contributed by atoms with Crippen molar-refractivity contribution in [2.45, 2.75) is 42.1 Å². The van der Waals surface area contributed by atoms with E-state index in [9.17, 15) is 15.5 Å². The number of rotatable bonds is 6. The van der Waals surface area contributed by atoms with Gasteiger partial charge in [0, 0.05) is 24.4 Å². The minimum atomic E-state index is -1.82. The van der Waals surface area contributed by atoms with E-state index in [0.717, 1.165) is 18.4 Å². The van der Waals surface area contributed by atoms with Crippen molar-refractivity contribution in [1.82, 2.24) is 10.3 Å². The maximum Gasteiger partial charge on any atom is 0.177 e. The third kappa shape index (κ3) is 3.04. The van der Waals surface area contributed by atoms with Gasteiger partial charge in [-0.25, -0.2) is 0 Å². The maximum atomic E-state index is 12.7. The molecule has 2 saturated carbocycles. The van der Waals surface area contributed by atoms with Crippen molar-refractivity contribution in [1.29, 1.82) is 5.26 Å². The molecular weight excluding hydrogens is 442 g/mol. The number of nitrogens with one attached hydrogen (secondary N) is 1. The second-order valence-corrected chi connectivity index (χ2v) is 9.69. The molecule has 0 saturated heterocycles. The molecule has 2 heterocycles. The zero-order chi connectivity index (χ0) is 24.2. The topological polar surface area (TPSA) is 108 Å². The van der Waals surface area contributed by atoms with Crippen LogP contribution in [-0.4, -0.2) is 41.0 Å². The summed E-state index contributed by atoms with van der Waals surface area (Å²) in [5.41, 5.74) is -0.641. The summed E-state index contributed by atoms with van der Waals surface area (Å²) < 4.78 is 12.4. The number of fused-ring (bicyclic) bond motifs is 3. The molecule has 2 aromatic carbocycles. The van der Waals surface area contributed by atoms with Crippen molar-refractivity contribution in [3.63, 3.8) is 0 Å². The summed E-state index contributed by atoms with van der Waals surface area (Å²) >= 11 is 0. The van der Waals surface area contributed by atoms with E-state index in [4.69, 9.17) is 9.47 Å². The van der Waals surface area contributed by atoms with E-state index < -0.39 is 23.2 Å². The Balaban J connectivity index is 1.62. The first kappa shape index (κ1) is 22.1. The lowest BCUT2D eigenvalue weighted by Gasteiger charge is -2.41. The number of aliphatic hydroxyl groups is 2. The van der Waals surface area contributed by atoms with E-state index in [1.165, 1.54) is 13.3 Å². The number of nitrogens with zero attached hydrogens (tertiary/aromatic N) is 2. The molecule has 0 spiro atoms. The molecule has 7 heteroatoms. The Morgan fingerprint density at radius 2 is 1.89 bits per heavy atom. The van der Waals surface area contributed by atoms with Crippen LogP contribution in [0, 0.1) is 17.2 Å². The number of nitriles is 1. The van der Waals surface area contributed by atoms with Gasteiger partial charge in [-0.15, -0.1) is 0 Å². The number of benzene rings is 2. The molecule has 2 aliphatic carbocycles. The SMILES string of the molecule is COc1cncc2c1[C@]1(O)[C@H](O)[C@H](CNC3CC3)[C@@H](c3ccccc3)[C@]1(c1ccc(C#N)cc1)O2. The van der Waals surface area contributed by atoms with Crippen LogP contribution in [0.15, 0.2) is 67.0 Å². The number of pyridine rings is 1. The molecule has 2 fully saturated rings. The summed E-state index contributed by atoms with van der Waals surface area (Å²) in [6.45, 7) is 0.526. The summed E-state index contributed by atoms with van der Waals surface area (Å²) in [5.74, 6) is -0.0170. The molecule has 3 N–H and O–H groups in total. The molecule has 1 aromatic heterocycles. The molecular formula is C28H27N3O4. The highest BCUT2D eigenvalue weighted by Crippen LogP contribution is 2.69. The fraction of sp³-hybridized carbons (Fsp3) is 0.357. The van der Waals surface area contributed by atoms with Gasteiger partial charge in [-0.05, 0) is 36.1 Å². The van der Waals surface area contributed by atoms with E-state index >= 15 is 0 Å². The van der Waals surface area contributed by atoms with E-state index in [2.05, 4.69) is 16.4 Å². The highest BCUT2D eigenvalue weighted by Gasteiger charge is 2.76. The number of hydrogen-bond donors (Lipinski definition) is 3. The zero-order valence-electron chi connectivity index (χ0n) is 19.4. The van der Waals surface area contributed by atoms with Gasteiger partial charge in [-0.2, -0.15) is 5.26 Å². The molecule has 3 aliphatic rings. The van der Waals surface area contributed by atoms with Crippen LogP contribution < -0.4 is 14.8 Å². The molecule has 0 unspecified atom stereocenters. The molecule has 7 nitrogen and oxygen atoms in total. The monoisotopic (exact) mass is 469 g/mol. The number of hydrogen-bond acceptors (Lipinski definition) is 7. The Bertz CT molecular complexity index is 1290. The van der Waals surface area contributed by atoms with Gasteiger partial charge in [0.15, 0.2) is 11.2 Å². The van der Waals surface area contributed by atoms with Crippen LogP contribution in [0.5, 0.6) is 11.5 Å². The highest BCUT2D eigenvalue weighted by molar-refractivity contribution is 5.59. The van der Waals surface area contributed by atoms with Crippen molar-refractivity contribution in [2.75, 3.05) is 13.7 Å². The third-order valence-electron chi connectivity index (χ3n) is 7.84. The normalized spacial score (nSPS) is 30.7. The molecule has 178 valence electrons. The first-order chi connectivity index (χ1) is 17.0. The summed E-state index contributed by atoms with van der Waals surface area (Å²) in [7, 11) is 1.52. The second kappa shape index (κ2) is 8.06. The van der Waals surface area contributed by atoms with Gasteiger partial charge in [0.1, 0.15) is 11.5 Å². The van der Waals surface area contributed by atoms with Crippen molar-refractivity contribution in [2.24, 2.45) is 5.92 Å². The van der Waals surface area contributed by atoms with Gasteiger partial charge in [0.2, 0.25) is 0 Å². The smallest absolute Gasteiger partial charge is 0.177 e. The number of ether oxygens (including phenoxy) is 2. The number of aliphatic hydroxyl groups excluding tert-OH is 1. The molecule has 35 heavy (non-hydrogen) atoms. The van der Waals surface area contributed by atoms with Gasteiger partial charge in [-0.3, -0.25) is 4.98 Å². The predicted molar refractivity (Wildman–Crippen MR) is 128 cm³/mol. The van der Waals surface area contributed by atoms with Crippen LogP contribution in [0.4, 0.5) is 0 Å². The molecule has 0 amide bonds. The van der Waals surface area contributed by atoms with Crippen LogP contribution in [0.2, 0.25) is 0 Å². The maximum absolute atomic E-state index is 12.7. The lowest BCUT2D eigenvalue weighted by Crippen LogP contribution is -2.52. The van der Waals surface area contributed by atoms with E-state index in [0.29, 0.717) is 40.8 Å². The minimum Gasteiger partial charge on any atom is -0.495 e. The average Bonchev–Trinajstić information content (AvgIpc) is 3.66. The average molecular weight is 470 g/mol. The van der Waals surface area contributed by atoms with Crippen LogP contribution in [0.1, 0.15) is 41.0 Å². The standard InChI is InChI=1S/C28H27N3O4/c1-34-22-15-30-16-23-25(22)27(33)26(32)21(14-31-20-11-12-20)24(18-5-3-2-4-6-18)28(27,35-23)19-9-7-17(13-29)8-10-19/h2-10,15-16,20-21,24,26,31-33H,11-12,14H2,1H3/t21-,24-,26-,27+,28+/m1/s1. The van der Waals surface area contributed by atoms with E-state index in [1.807, 2.05) is 42.5 Å². The summed E-state index contributed by atoms with van der Waals surface area (Å²) in [6, 6.07) is 19.6. The van der Waals surface area contributed by atoms with Crippen LogP contribution in [0.3, 0.4) is 0 Å². The Morgan fingerprint density at radius 3 is 2.54 bits per heavy atom. The first-order valence-electron chi connectivity index (χ1n) is 12.0. The Labute approximate surface area is 204 Å². The van der Waals surface area contributed by atoms with Gasteiger partial charge < -0.3 is 25.0 Å². The molecule has 0 radical (unpaired) electrons. The molecule has 0 bridgehead atoms. The summed E-state index contributed by atoms with van der Waals surface area (Å²) in [6.07, 6.45) is 4.17. The molecule has 1 aliphatic heterocycles. The fourth-order valence-corrected chi connectivity index (χ4v) is 6.14. The van der Waals surface area contributed by atoms with Crippen LogP contribution in [-0.2, 0) is 11.2 Å². The Hall–Kier alpha value is -3.44. The van der Waals surface area contributed by atoms with Crippen LogP contribution >= 0.6 is 0 Å². The van der Waals surface area contributed by atoms with Crippen molar-refractivity contribution < 1.29 is 19.7 Å². The Morgan fingerprint density at radius 1 is 1.14 bits per heavy atom. The van der Waals surface area contributed by atoms with Gasteiger partial charge >= 0.3 is 0 Å². The first-order valence-corrected chi connectivity index (χ1v) is 12.0. The largest absolute Gasteiger partial charge is 0.495 e. The quantitative estimate of drug-likeness (QED) is 0.509. The third-order valence-corrected chi connectivity index (χ3v) is 7.84. The fourth-order valence-electron chi connectivity index (χ4n) is 6.14. The van der Waals surface area contributed by atoms with E-state index in [-0.39, 0.29) is 5.92 Å². The Kier molecular flexibility index (Phi) is 5.08. The predicted octanol–water partition coefficient (Wildman–Crippen LogP) is 2.96. The number of methoxy groups -OCH3 is 1. The van der Waals surface area contributed by atoms with Crippen molar-refractivity contribution >= 4 is 0 Å². The van der Waals surface area contributed by atoms with Gasteiger partial charge in [-0.1, -0.05) is 42.5 Å². The number of aromatic nitrogens is 1. The lowest BCUT2D eigenvalue weighted by molar-refractivity contribution is -0.152. The highest BCUT2D eigenvalue weighted by atomic mass is 16.5. The van der Waals surface area contributed by atoms with Crippen LogP contribution in [0.25, 0.3) is 0 Å². The van der Waals surface area contributed by atoms with Gasteiger partial charge in [0.25, 0.3) is 0 Å². The minimum absolute atomic E-state index is 0.357. The zero-order valence-corrected chi connectivity index (χ0v) is 19.4. The summed E-state index contributed by atoms with van der Waals surface area (Å²) in [5, 5.41) is 37.6. The van der Waals surface area contributed by atoms with Gasteiger partial charge in [0.05, 0.1) is 42.8 Å². The molecule has 6 rings (SSSR count). The van der Waals surface area contributed by atoms with Crippen molar-refractivity contribution in [3.05, 3.63) is 89.2 Å². The molecule has 3 aromatic rings. The molecule has 5 atom stereocenters. The van der Waals surface area contributed by atoms with E-state index in [1.54, 1.807) is 18.3 Å². The summed E-state index contributed by atoms with van der Waals surface area (Å²) in [4.78, 5) is 4.25. The second-order valence-electron chi connectivity index (χ2n) is 9.69.